The number of hydrogen-bond acceptors (Lipinski definition) is 3. The number of aromatic amines is 1. The molecule has 2 N–H and O–H groups in total. The van der Waals surface area contributed by atoms with Gasteiger partial charge in [0.15, 0.2) is 11.5 Å². The SMILES string of the molecule is CC(=O)c1n[nH]c(C(=O)O)c1Br. The van der Waals surface area contributed by atoms with Crippen molar-refractivity contribution < 1.29 is 14.7 Å². The van der Waals surface area contributed by atoms with Crippen LogP contribution in [0.3, 0.4) is 0 Å². The Morgan fingerprint density at radius 1 is 1.58 bits per heavy atom. The zero-order valence-corrected chi connectivity index (χ0v) is 7.67. The topological polar surface area (TPSA) is 83.0 Å². The fourth-order valence-electron chi connectivity index (χ4n) is 0.703. The van der Waals surface area contributed by atoms with Crippen molar-refractivity contribution >= 4 is 27.7 Å². The van der Waals surface area contributed by atoms with Gasteiger partial charge in [-0.05, 0) is 15.9 Å². The number of aromatic nitrogens is 2. The molecule has 1 aromatic heterocycles. The summed E-state index contributed by atoms with van der Waals surface area (Å²) in [6, 6.07) is 0. The van der Waals surface area contributed by atoms with E-state index in [0.717, 1.165) is 0 Å². The summed E-state index contributed by atoms with van der Waals surface area (Å²) in [5.74, 6) is -1.44. The average molecular weight is 233 g/mol. The van der Waals surface area contributed by atoms with E-state index in [1.807, 2.05) is 0 Å². The van der Waals surface area contributed by atoms with Gasteiger partial charge in [0.1, 0.15) is 5.69 Å². The fraction of sp³-hybridized carbons (Fsp3) is 0.167. The number of ketones is 1. The van der Waals surface area contributed by atoms with Gasteiger partial charge in [-0.15, -0.1) is 0 Å². The maximum absolute atomic E-state index is 10.8. The van der Waals surface area contributed by atoms with E-state index in [0.29, 0.717) is 0 Å². The van der Waals surface area contributed by atoms with Gasteiger partial charge < -0.3 is 5.11 Å². The number of aromatic carboxylic acids is 1. The first kappa shape index (κ1) is 8.92. The number of carbonyl (C=O) groups is 2. The Hall–Kier alpha value is -1.17. The van der Waals surface area contributed by atoms with Crippen LogP contribution < -0.4 is 0 Å². The van der Waals surface area contributed by atoms with Crippen LogP contribution >= 0.6 is 15.9 Å². The predicted molar refractivity (Wildman–Crippen MR) is 43.3 cm³/mol. The molecule has 0 aliphatic rings. The lowest BCUT2D eigenvalue weighted by Gasteiger charge is -1.88. The van der Waals surface area contributed by atoms with Crippen LogP contribution in [0.25, 0.3) is 0 Å². The summed E-state index contributed by atoms with van der Waals surface area (Å²) in [5, 5.41) is 14.3. The van der Waals surface area contributed by atoms with Crippen molar-refractivity contribution in [2.24, 2.45) is 0 Å². The first-order valence-electron chi connectivity index (χ1n) is 3.02. The lowest BCUT2D eigenvalue weighted by atomic mass is 10.3. The summed E-state index contributed by atoms with van der Waals surface area (Å²) in [6.07, 6.45) is 0. The standard InChI is InChI=1S/C6H5BrN2O3/c1-2(10)4-3(7)5(6(11)12)9-8-4/h1H3,(H,8,9)(H,11,12). The van der Waals surface area contributed by atoms with Gasteiger partial charge in [0, 0.05) is 6.92 Å². The van der Waals surface area contributed by atoms with Crippen molar-refractivity contribution in [3.8, 4) is 0 Å². The summed E-state index contributed by atoms with van der Waals surface area (Å²) < 4.78 is 0.197. The van der Waals surface area contributed by atoms with E-state index >= 15 is 0 Å². The quantitative estimate of drug-likeness (QED) is 0.748. The van der Waals surface area contributed by atoms with E-state index in [1.165, 1.54) is 6.92 Å². The molecule has 5 nitrogen and oxygen atoms in total. The van der Waals surface area contributed by atoms with E-state index in [2.05, 4.69) is 26.1 Å². The second-order valence-corrected chi connectivity index (χ2v) is 2.92. The first-order valence-corrected chi connectivity index (χ1v) is 3.81. The molecular formula is C6H5BrN2O3. The van der Waals surface area contributed by atoms with Gasteiger partial charge in [0.25, 0.3) is 0 Å². The molecule has 0 saturated heterocycles. The van der Waals surface area contributed by atoms with Gasteiger partial charge in [0.2, 0.25) is 0 Å². The highest BCUT2D eigenvalue weighted by Crippen LogP contribution is 2.19. The molecule has 0 fully saturated rings. The van der Waals surface area contributed by atoms with Crippen LogP contribution in [0.2, 0.25) is 0 Å². The molecule has 0 bridgehead atoms. The number of carbonyl (C=O) groups excluding carboxylic acids is 1. The van der Waals surface area contributed by atoms with E-state index in [1.54, 1.807) is 0 Å². The molecule has 64 valence electrons. The summed E-state index contributed by atoms with van der Waals surface area (Å²) in [4.78, 5) is 21.2. The number of hydrogen-bond donors (Lipinski definition) is 2. The Labute approximate surface area is 75.9 Å². The third-order valence-corrected chi connectivity index (χ3v) is 2.03. The molecule has 0 radical (unpaired) electrons. The summed E-state index contributed by atoms with van der Waals surface area (Å²) in [5.41, 5.74) is -0.00685. The maximum Gasteiger partial charge on any atom is 0.355 e. The van der Waals surface area contributed by atoms with Gasteiger partial charge in [-0.1, -0.05) is 0 Å². The van der Waals surface area contributed by atoms with Crippen molar-refractivity contribution in [3.63, 3.8) is 0 Å². The minimum Gasteiger partial charge on any atom is -0.476 e. The third-order valence-electron chi connectivity index (χ3n) is 1.25. The highest BCUT2D eigenvalue weighted by molar-refractivity contribution is 9.10. The van der Waals surface area contributed by atoms with Gasteiger partial charge >= 0.3 is 5.97 Å². The van der Waals surface area contributed by atoms with Crippen LogP contribution in [-0.2, 0) is 0 Å². The van der Waals surface area contributed by atoms with E-state index < -0.39 is 5.97 Å². The average Bonchev–Trinajstić information content (AvgIpc) is 2.30. The van der Waals surface area contributed by atoms with E-state index in [-0.39, 0.29) is 21.6 Å². The number of Topliss-reactive ketones (excluding diaryl/α,β-unsaturated/α-hetero) is 1. The van der Waals surface area contributed by atoms with E-state index in [9.17, 15) is 9.59 Å². The molecule has 6 heteroatoms. The molecule has 0 aromatic carbocycles. The summed E-state index contributed by atoms with van der Waals surface area (Å²) >= 11 is 2.96. The lowest BCUT2D eigenvalue weighted by Crippen LogP contribution is -1.97. The monoisotopic (exact) mass is 232 g/mol. The van der Waals surface area contributed by atoms with Gasteiger partial charge in [0.05, 0.1) is 4.47 Å². The Bertz CT molecular complexity index is 313. The largest absolute Gasteiger partial charge is 0.476 e. The third kappa shape index (κ3) is 1.38. The molecule has 1 heterocycles. The Balaban J connectivity index is 3.22. The normalized spacial score (nSPS) is 9.83. The molecule has 0 atom stereocenters. The van der Waals surface area contributed by atoms with Crippen molar-refractivity contribution in [1.82, 2.24) is 10.2 Å². The van der Waals surface area contributed by atoms with Crippen molar-refractivity contribution in [2.75, 3.05) is 0 Å². The van der Waals surface area contributed by atoms with Crippen molar-refractivity contribution in [3.05, 3.63) is 15.9 Å². The van der Waals surface area contributed by atoms with Crippen LogP contribution in [0.15, 0.2) is 4.47 Å². The maximum atomic E-state index is 10.8. The van der Waals surface area contributed by atoms with Crippen LogP contribution in [0, 0.1) is 0 Å². The highest BCUT2D eigenvalue weighted by Gasteiger charge is 2.18. The number of halogens is 1. The van der Waals surface area contributed by atoms with Crippen molar-refractivity contribution in [2.45, 2.75) is 6.92 Å². The second-order valence-electron chi connectivity index (χ2n) is 2.12. The molecule has 0 amide bonds. The molecule has 0 aliphatic heterocycles. The van der Waals surface area contributed by atoms with Crippen molar-refractivity contribution in [1.29, 1.82) is 0 Å². The number of nitrogens with one attached hydrogen (secondary N) is 1. The number of carboxylic acids is 1. The molecule has 1 aromatic rings. The molecule has 0 unspecified atom stereocenters. The van der Waals surface area contributed by atoms with Gasteiger partial charge in [-0.2, -0.15) is 5.10 Å². The number of H-pyrrole nitrogens is 1. The van der Waals surface area contributed by atoms with Crippen LogP contribution in [0.1, 0.15) is 27.9 Å². The molecule has 12 heavy (non-hydrogen) atoms. The van der Waals surface area contributed by atoms with Crippen LogP contribution in [-0.4, -0.2) is 27.1 Å². The Kier molecular flexibility index (Phi) is 2.27. The smallest absolute Gasteiger partial charge is 0.355 e. The zero-order valence-electron chi connectivity index (χ0n) is 6.09. The van der Waals surface area contributed by atoms with Crippen LogP contribution in [0.5, 0.6) is 0 Å². The molecular weight excluding hydrogens is 228 g/mol. The molecule has 0 saturated carbocycles. The summed E-state index contributed by atoms with van der Waals surface area (Å²) in [7, 11) is 0. The highest BCUT2D eigenvalue weighted by atomic mass is 79.9. The van der Waals surface area contributed by atoms with Gasteiger partial charge in [-0.25, -0.2) is 4.79 Å². The molecule has 0 spiro atoms. The number of nitrogens with zero attached hydrogens (tertiary/aromatic N) is 1. The molecule has 1 rings (SSSR count). The zero-order chi connectivity index (χ0) is 9.30. The fourth-order valence-corrected chi connectivity index (χ4v) is 1.33. The Morgan fingerprint density at radius 3 is 2.42 bits per heavy atom. The van der Waals surface area contributed by atoms with Gasteiger partial charge in [-0.3, -0.25) is 9.89 Å². The van der Waals surface area contributed by atoms with Crippen LogP contribution in [0.4, 0.5) is 0 Å². The van der Waals surface area contributed by atoms with E-state index in [4.69, 9.17) is 5.11 Å². The number of rotatable bonds is 2. The second kappa shape index (κ2) is 3.06. The minimum absolute atomic E-state index is 0.104. The molecule has 0 aliphatic carbocycles. The first-order chi connectivity index (χ1) is 5.54. The summed E-state index contributed by atoms with van der Waals surface area (Å²) in [6.45, 7) is 1.31. The number of carboxylic acid groups (broad SMARTS) is 1. The predicted octanol–water partition coefficient (Wildman–Crippen LogP) is 1.07. The lowest BCUT2D eigenvalue weighted by molar-refractivity contribution is 0.0689. The Morgan fingerprint density at radius 2 is 2.17 bits per heavy atom. The minimum atomic E-state index is -1.15.